The minimum atomic E-state index is -3.71. The molecule has 2 aromatic carbocycles. The summed E-state index contributed by atoms with van der Waals surface area (Å²) in [6, 6.07) is 11.6. The molecule has 0 spiro atoms. The molecule has 1 aliphatic heterocycles. The van der Waals surface area contributed by atoms with Crippen molar-refractivity contribution in [3.05, 3.63) is 64.0 Å². The third-order valence-corrected chi connectivity index (χ3v) is 7.31. The summed E-state index contributed by atoms with van der Waals surface area (Å²) >= 11 is 1.59. The van der Waals surface area contributed by atoms with Crippen molar-refractivity contribution in [3.8, 4) is 11.3 Å². The summed E-state index contributed by atoms with van der Waals surface area (Å²) in [4.78, 5) is 16.2. The lowest BCUT2D eigenvalue weighted by Gasteiger charge is -2.20. The van der Waals surface area contributed by atoms with Crippen LogP contribution in [-0.4, -0.2) is 33.0 Å². The number of ether oxygens (including phenoxy) is 1. The smallest absolute Gasteiger partial charge is 0.337 e. The van der Waals surface area contributed by atoms with Gasteiger partial charge in [-0.3, -0.25) is 4.31 Å². The lowest BCUT2D eigenvalue weighted by atomic mass is 10.1. The molecule has 4 rings (SSSR count). The number of hydrogen-bond donors (Lipinski definition) is 0. The predicted molar refractivity (Wildman–Crippen MR) is 108 cm³/mol. The number of fused-ring (bicyclic) bond motifs is 1. The molecule has 0 unspecified atom stereocenters. The van der Waals surface area contributed by atoms with Gasteiger partial charge < -0.3 is 4.74 Å². The van der Waals surface area contributed by atoms with E-state index in [1.807, 2.05) is 30.5 Å². The average molecular weight is 415 g/mol. The van der Waals surface area contributed by atoms with Gasteiger partial charge in [0.1, 0.15) is 0 Å². The Morgan fingerprint density at radius 2 is 1.93 bits per heavy atom. The largest absolute Gasteiger partial charge is 0.465 e. The van der Waals surface area contributed by atoms with Gasteiger partial charge in [0.05, 0.1) is 34.0 Å². The zero-order valence-corrected chi connectivity index (χ0v) is 17.0. The highest BCUT2D eigenvalue weighted by atomic mass is 32.2. The van der Waals surface area contributed by atoms with Crippen molar-refractivity contribution in [2.45, 2.75) is 18.2 Å². The molecule has 1 aromatic heterocycles. The number of hydrogen-bond acceptors (Lipinski definition) is 6. The number of methoxy groups -OCH3 is 1. The molecular formula is C20H18N2O4S2. The standard InChI is InChI=1S/C20H18N2O4S2/c1-13-21-18(12-27-13)15-5-8-19-16(11-15)9-10-22(19)28(24,25)17-6-3-14(4-7-17)20(23)26-2/h3-8,11-12H,9-10H2,1-2H3. The van der Waals surface area contributed by atoms with E-state index in [2.05, 4.69) is 9.72 Å². The molecule has 144 valence electrons. The summed E-state index contributed by atoms with van der Waals surface area (Å²) in [6.07, 6.45) is 0.645. The fourth-order valence-corrected chi connectivity index (χ4v) is 5.41. The third-order valence-electron chi connectivity index (χ3n) is 4.71. The molecule has 0 amide bonds. The third kappa shape index (κ3) is 3.18. The Kier molecular flexibility index (Phi) is 4.68. The Bertz CT molecular complexity index is 1150. The maximum atomic E-state index is 13.1. The van der Waals surface area contributed by atoms with Crippen molar-refractivity contribution in [3.63, 3.8) is 0 Å². The first kappa shape index (κ1) is 18.6. The molecule has 28 heavy (non-hydrogen) atoms. The van der Waals surface area contributed by atoms with Crippen molar-refractivity contribution in [1.82, 2.24) is 4.98 Å². The van der Waals surface area contributed by atoms with E-state index in [1.165, 1.54) is 35.7 Å². The van der Waals surface area contributed by atoms with Crippen LogP contribution in [0.3, 0.4) is 0 Å². The van der Waals surface area contributed by atoms with Gasteiger partial charge in [-0.1, -0.05) is 6.07 Å². The van der Waals surface area contributed by atoms with Crippen LogP contribution in [0.5, 0.6) is 0 Å². The topological polar surface area (TPSA) is 76.6 Å². The van der Waals surface area contributed by atoms with Crippen LogP contribution in [0.2, 0.25) is 0 Å². The molecule has 0 saturated carbocycles. The number of carbonyl (C=O) groups is 1. The summed E-state index contributed by atoms with van der Waals surface area (Å²) in [5, 5.41) is 3.00. The number of carbonyl (C=O) groups excluding carboxylic acids is 1. The van der Waals surface area contributed by atoms with Gasteiger partial charge in [-0.15, -0.1) is 11.3 Å². The summed E-state index contributed by atoms with van der Waals surface area (Å²) in [7, 11) is -2.42. The summed E-state index contributed by atoms with van der Waals surface area (Å²) < 4.78 is 32.3. The zero-order valence-electron chi connectivity index (χ0n) is 15.4. The number of nitrogens with zero attached hydrogens (tertiary/aromatic N) is 2. The Labute approximate surface area is 167 Å². The van der Waals surface area contributed by atoms with Gasteiger partial charge in [0.15, 0.2) is 0 Å². The highest BCUT2D eigenvalue weighted by molar-refractivity contribution is 7.92. The van der Waals surface area contributed by atoms with Crippen LogP contribution < -0.4 is 4.31 Å². The van der Waals surface area contributed by atoms with E-state index >= 15 is 0 Å². The maximum Gasteiger partial charge on any atom is 0.337 e. The summed E-state index contributed by atoms with van der Waals surface area (Å²) in [5.41, 5.74) is 3.88. The van der Waals surface area contributed by atoms with Gasteiger partial charge in [-0.2, -0.15) is 0 Å². The predicted octanol–water partition coefficient (Wildman–Crippen LogP) is 3.66. The van der Waals surface area contributed by atoms with Gasteiger partial charge in [0.25, 0.3) is 10.0 Å². The molecule has 8 heteroatoms. The van der Waals surface area contributed by atoms with E-state index in [0.29, 0.717) is 24.2 Å². The Morgan fingerprint density at radius 3 is 2.57 bits per heavy atom. The van der Waals surface area contributed by atoms with Gasteiger partial charge in [-0.05, 0) is 55.3 Å². The average Bonchev–Trinajstić information content (AvgIpc) is 3.33. The number of benzene rings is 2. The molecule has 0 fully saturated rings. The van der Waals surface area contributed by atoms with Crippen LogP contribution in [0, 0.1) is 6.92 Å². The molecule has 3 aromatic rings. The van der Waals surface area contributed by atoms with Gasteiger partial charge in [0.2, 0.25) is 0 Å². The fourth-order valence-electron chi connectivity index (χ4n) is 3.28. The molecule has 0 bridgehead atoms. The van der Waals surface area contributed by atoms with Crippen LogP contribution >= 0.6 is 11.3 Å². The minimum Gasteiger partial charge on any atom is -0.465 e. The number of rotatable bonds is 4. The lowest BCUT2D eigenvalue weighted by Crippen LogP contribution is -2.29. The second kappa shape index (κ2) is 7.03. The second-order valence-corrected chi connectivity index (χ2v) is 9.36. The van der Waals surface area contributed by atoms with E-state index in [0.717, 1.165) is 21.8 Å². The van der Waals surface area contributed by atoms with Gasteiger partial charge in [-0.25, -0.2) is 18.2 Å². The Balaban J connectivity index is 1.65. The number of esters is 1. The lowest BCUT2D eigenvalue weighted by molar-refractivity contribution is 0.0600. The Morgan fingerprint density at radius 1 is 1.18 bits per heavy atom. The second-order valence-electron chi connectivity index (χ2n) is 6.44. The maximum absolute atomic E-state index is 13.1. The zero-order chi connectivity index (χ0) is 19.9. The molecule has 1 aliphatic rings. The van der Waals surface area contributed by atoms with Crippen molar-refractivity contribution >= 4 is 33.0 Å². The molecule has 0 aliphatic carbocycles. The molecule has 0 atom stereocenters. The first-order valence-corrected chi connectivity index (χ1v) is 11.0. The van der Waals surface area contributed by atoms with E-state index in [-0.39, 0.29) is 4.90 Å². The van der Waals surface area contributed by atoms with Crippen molar-refractivity contribution < 1.29 is 17.9 Å². The monoisotopic (exact) mass is 414 g/mol. The van der Waals surface area contributed by atoms with E-state index in [4.69, 9.17) is 0 Å². The van der Waals surface area contributed by atoms with Crippen LogP contribution in [-0.2, 0) is 21.2 Å². The first-order valence-electron chi connectivity index (χ1n) is 8.67. The van der Waals surface area contributed by atoms with Crippen LogP contribution in [0.1, 0.15) is 20.9 Å². The number of anilines is 1. The van der Waals surface area contributed by atoms with Crippen LogP contribution in [0.15, 0.2) is 52.7 Å². The Hall–Kier alpha value is -2.71. The number of aryl methyl sites for hydroxylation is 1. The quantitative estimate of drug-likeness (QED) is 0.609. The molecule has 0 radical (unpaired) electrons. The van der Waals surface area contributed by atoms with Crippen molar-refractivity contribution in [2.75, 3.05) is 18.0 Å². The van der Waals surface area contributed by atoms with Gasteiger partial charge >= 0.3 is 5.97 Å². The number of thiazole rings is 1. The number of sulfonamides is 1. The molecule has 6 nitrogen and oxygen atoms in total. The molecule has 2 heterocycles. The first-order chi connectivity index (χ1) is 13.4. The summed E-state index contributed by atoms with van der Waals surface area (Å²) in [5.74, 6) is -0.500. The molecule has 0 N–H and O–H groups in total. The van der Waals surface area contributed by atoms with Crippen molar-refractivity contribution in [2.24, 2.45) is 0 Å². The molecule has 0 saturated heterocycles. The highest BCUT2D eigenvalue weighted by Crippen LogP contribution is 2.36. The normalized spacial score (nSPS) is 13.4. The number of aromatic nitrogens is 1. The van der Waals surface area contributed by atoms with E-state index in [1.54, 1.807) is 11.3 Å². The van der Waals surface area contributed by atoms with Crippen molar-refractivity contribution in [1.29, 1.82) is 0 Å². The molecular weight excluding hydrogens is 396 g/mol. The summed E-state index contributed by atoms with van der Waals surface area (Å²) in [6.45, 7) is 2.34. The van der Waals surface area contributed by atoms with E-state index < -0.39 is 16.0 Å². The van der Waals surface area contributed by atoms with Gasteiger partial charge in [0, 0.05) is 17.5 Å². The van der Waals surface area contributed by atoms with Crippen LogP contribution in [0.25, 0.3) is 11.3 Å². The van der Waals surface area contributed by atoms with E-state index in [9.17, 15) is 13.2 Å². The minimum absolute atomic E-state index is 0.146. The van der Waals surface area contributed by atoms with Crippen LogP contribution in [0.4, 0.5) is 5.69 Å². The SMILES string of the molecule is COC(=O)c1ccc(S(=O)(=O)N2CCc3cc(-c4csc(C)n4)ccc32)cc1. The fraction of sp³-hybridized carbons (Fsp3) is 0.200. The highest BCUT2D eigenvalue weighted by Gasteiger charge is 2.31.